The third kappa shape index (κ3) is 5.47. The zero-order chi connectivity index (χ0) is 20.9. The van der Waals surface area contributed by atoms with Crippen LogP contribution in [-0.2, 0) is 4.57 Å². The molecule has 7 heteroatoms. The molecule has 2 unspecified atom stereocenters. The summed E-state index contributed by atoms with van der Waals surface area (Å²) in [6, 6.07) is 20.7. The first kappa shape index (κ1) is 20.6. The number of hydrogen-bond donors (Lipinski definition) is 2. The summed E-state index contributed by atoms with van der Waals surface area (Å²) < 4.78 is 22.2. The maximum atomic E-state index is 12.9. The van der Waals surface area contributed by atoms with Crippen LogP contribution >= 0.6 is 7.82 Å². The first-order valence-electron chi connectivity index (χ1n) is 9.08. The largest absolute Gasteiger partial charge is 0.584 e. The number of phosphoric acid groups is 1. The molecular weight excluding hydrogens is 391 g/mol. The number of Topliss-reactive ketones (excluding diaryl/α,β-unsaturated/α-hetero) is 1. The van der Waals surface area contributed by atoms with Crippen molar-refractivity contribution < 1.29 is 28.4 Å². The van der Waals surface area contributed by atoms with Crippen LogP contribution in [0.25, 0.3) is 0 Å². The summed E-state index contributed by atoms with van der Waals surface area (Å²) in [5, 5.41) is 9.43. The van der Waals surface area contributed by atoms with Crippen LogP contribution < -0.4 is 9.05 Å². The van der Waals surface area contributed by atoms with Gasteiger partial charge < -0.3 is 14.2 Å². The van der Waals surface area contributed by atoms with E-state index in [4.69, 9.17) is 9.05 Å². The van der Waals surface area contributed by atoms with E-state index in [1.54, 1.807) is 66.7 Å². The summed E-state index contributed by atoms with van der Waals surface area (Å²) in [5.74, 6) is 0.0275. The molecule has 0 bridgehead atoms. The van der Waals surface area contributed by atoms with Crippen molar-refractivity contribution in [1.29, 1.82) is 0 Å². The molecule has 0 amide bonds. The van der Waals surface area contributed by atoms with Gasteiger partial charge in [0.2, 0.25) is 0 Å². The lowest BCUT2D eigenvalue weighted by atomic mass is 9.88. The van der Waals surface area contributed by atoms with Gasteiger partial charge in [-0.2, -0.15) is 0 Å². The van der Waals surface area contributed by atoms with Crippen molar-refractivity contribution in [2.24, 2.45) is 0 Å². The maximum absolute atomic E-state index is 12.9. The number of carbonyl (C=O) groups excluding carboxylic acids is 1. The molecule has 0 aliphatic rings. The van der Waals surface area contributed by atoms with Gasteiger partial charge in [-0.3, -0.25) is 9.69 Å². The van der Waals surface area contributed by atoms with Gasteiger partial charge in [0.15, 0.2) is 5.78 Å². The Morgan fingerprint density at radius 3 is 2.00 bits per heavy atom. The van der Waals surface area contributed by atoms with Gasteiger partial charge in [-0.05, 0) is 60.5 Å². The second kappa shape index (κ2) is 8.95. The molecule has 150 valence electrons. The third-order valence-corrected chi connectivity index (χ3v) is 5.23. The van der Waals surface area contributed by atoms with Gasteiger partial charge in [0.1, 0.15) is 17.2 Å². The molecular formula is C22H21O6P. The first-order valence-corrected chi connectivity index (χ1v) is 10.6. The zero-order valence-electron chi connectivity index (χ0n) is 15.8. The summed E-state index contributed by atoms with van der Waals surface area (Å²) in [6.45, 7) is 1.91. The smallest absolute Gasteiger partial charge is 0.508 e. The molecule has 3 aromatic rings. The average Bonchev–Trinajstić information content (AvgIpc) is 2.70. The quantitative estimate of drug-likeness (QED) is 0.384. The summed E-state index contributed by atoms with van der Waals surface area (Å²) in [6.07, 6.45) is 0.596. The molecule has 0 heterocycles. The van der Waals surface area contributed by atoms with Gasteiger partial charge in [-0.25, -0.2) is 4.57 Å². The molecule has 3 rings (SSSR count). The molecule has 0 aromatic heterocycles. The number of phenolic OH excluding ortho intramolecular Hbond substituents is 1. The fourth-order valence-corrected chi connectivity index (χ4v) is 3.74. The number of carbonyl (C=O) groups is 1. The van der Waals surface area contributed by atoms with Gasteiger partial charge in [-0.1, -0.05) is 37.3 Å². The fraction of sp³-hybridized carbons (Fsp3) is 0.136. The van der Waals surface area contributed by atoms with E-state index in [1.165, 1.54) is 12.1 Å². The van der Waals surface area contributed by atoms with Crippen LogP contribution in [-0.4, -0.2) is 15.8 Å². The van der Waals surface area contributed by atoms with Crippen molar-refractivity contribution in [2.45, 2.75) is 19.3 Å². The van der Waals surface area contributed by atoms with Crippen molar-refractivity contribution >= 4 is 13.6 Å². The third-order valence-electron chi connectivity index (χ3n) is 4.34. The molecule has 6 nitrogen and oxygen atoms in total. The highest BCUT2D eigenvalue weighted by atomic mass is 31.2. The van der Waals surface area contributed by atoms with Crippen molar-refractivity contribution in [3.63, 3.8) is 0 Å². The van der Waals surface area contributed by atoms with Crippen LogP contribution in [0.3, 0.4) is 0 Å². The minimum atomic E-state index is -4.36. The highest BCUT2D eigenvalue weighted by molar-refractivity contribution is 7.48. The number of phenols is 1. The van der Waals surface area contributed by atoms with E-state index in [2.05, 4.69) is 0 Å². The van der Waals surface area contributed by atoms with E-state index in [0.29, 0.717) is 12.0 Å². The Balaban J connectivity index is 1.71. The van der Waals surface area contributed by atoms with Gasteiger partial charge >= 0.3 is 7.82 Å². The Labute approximate surface area is 169 Å². The zero-order valence-corrected chi connectivity index (χ0v) is 16.7. The summed E-state index contributed by atoms with van der Waals surface area (Å²) in [7, 11) is -4.36. The molecule has 0 radical (unpaired) electrons. The predicted octanol–water partition coefficient (Wildman–Crippen LogP) is 5.33. The fourth-order valence-electron chi connectivity index (χ4n) is 2.93. The van der Waals surface area contributed by atoms with E-state index in [9.17, 15) is 19.4 Å². The second-order valence-electron chi connectivity index (χ2n) is 6.41. The molecule has 0 fully saturated rings. The number of para-hydroxylation sites is 1. The molecule has 0 aliphatic carbocycles. The van der Waals surface area contributed by atoms with Crippen molar-refractivity contribution in [3.05, 3.63) is 90.0 Å². The van der Waals surface area contributed by atoms with Crippen LogP contribution in [0, 0.1) is 0 Å². The number of benzene rings is 3. The van der Waals surface area contributed by atoms with Crippen molar-refractivity contribution in [2.75, 3.05) is 0 Å². The van der Waals surface area contributed by atoms with E-state index in [0.717, 1.165) is 5.56 Å². The number of rotatable bonds is 8. The SMILES string of the molecule is CCC(C(=O)c1ccc(OP(=O)(O)Oc2ccccc2)cc1)c1ccc(O)cc1. The highest BCUT2D eigenvalue weighted by Crippen LogP contribution is 2.44. The lowest BCUT2D eigenvalue weighted by Gasteiger charge is -2.16. The Kier molecular flexibility index (Phi) is 6.37. The average molecular weight is 412 g/mol. The van der Waals surface area contributed by atoms with Crippen LogP contribution in [0.1, 0.15) is 35.2 Å². The minimum Gasteiger partial charge on any atom is -0.508 e. The Bertz CT molecular complexity index is 1000. The maximum Gasteiger partial charge on any atom is 0.584 e. The van der Waals surface area contributed by atoms with Gasteiger partial charge in [0.25, 0.3) is 0 Å². The molecule has 0 spiro atoms. The number of ketones is 1. The van der Waals surface area contributed by atoms with Gasteiger partial charge in [0, 0.05) is 11.5 Å². The molecule has 0 aliphatic heterocycles. The number of hydrogen-bond acceptors (Lipinski definition) is 5. The molecule has 3 aromatic carbocycles. The second-order valence-corrected chi connectivity index (χ2v) is 7.71. The summed E-state index contributed by atoms with van der Waals surface area (Å²) in [4.78, 5) is 22.8. The normalized spacial score (nSPS) is 13.9. The van der Waals surface area contributed by atoms with Crippen LogP contribution in [0.5, 0.6) is 17.2 Å². The lowest BCUT2D eigenvalue weighted by Crippen LogP contribution is -2.12. The van der Waals surface area contributed by atoms with Crippen molar-refractivity contribution in [3.8, 4) is 17.2 Å². The molecule has 2 N–H and O–H groups in total. The van der Waals surface area contributed by atoms with Crippen LogP contribution in [0.15, 0.2) is 78.9 Å². The standard InChI is InChI=1S/C22H21O6P/c1-2-21(16-8-12-18(23)13-9-16)22(24)17-10-14-20(15-11-17)28-29(25,26)27-19-6-4-3-5-7-19/h3-15,21,23H,2H2,1H3,(H,25,26). The van der Waals surface area contributed by atoms with E-state index >= 15 is 0 Å². The van der Waals surface area contributed by atoms with Gasteiger partial charge in [0.05, 0.1) is 0 Å². The Morgan fingerprint density at radius 1 is 0.897 bits per heavy atom. The Hall–Kier alpha value is -3.08. The minimum absolute atomic E-state index is 0.0857. The lowest BCUT2D eigenvalue weighted by molar-refractivity contribution is 0.0957. The highest BCUT2D eigenvalue weighted by Gasteiger charge is 2.25. The monoisotopic (exact) mass is 412 g/mol. The van der Waals surface area contributed by atoms with E-state index in [1.807, 2.05) is 6.92 Å². The molecule has 2 atom stereocenters. The van der Waals surface area contributed by atoms with Crippen LogP contribution in [0.2, 0.25) is 0 Å². The molecule has 0 saturated carbocycles. The van der Waals surface area contributed by atoms with Gasteiger partial charge in [-0.15, -0.1) is 0 Å². The molecule has 29 heavy (non-hydrogen) atoms. The first-order chi connectivity index (χ1) is 13.9. The predicted molar refractivity (Wildman–Crippen MR) is 109 cm³/mol. The number of aromatic hydroxyl groups is 1. The molecule has 0 saturated heterocycles. The van der Waals surface area contributed by atoms with Crippen molar-refractivity contribution in [1.82, 2.24) is 0 Å². The van der Waals surface area contributed by atoms with E-state index < -0.39 is 7.82 Å². The summed E-state index contributed by atoms with van der Waals surface area (Å²) in [5.41, 5.74) is 1.26. The van der Waals surface area contributed by atoms with E-state index in [-0.39, 0.29) is 28.9 Å². The number of phosphoric ester groups is 1. The van der Waals surface area contributed by atoms with Crippen LogP contribution in [0.4, 0.5) is 0 Å². The Morgan fingerprint density at radius 2 is 1.45 bits per heavy atom. The topological polar surface area (TPSA) is 93.1 Å². The summed E-state index contributed by atoms with van der Waals surface area (Å²) >= 11 is 0.